The zero-order valence-corrected chi connectivity index (χ0v) is 11.8. The number of nitrogens with zero attached hydrogens (tertiary/aromatic N) is 1. The molecule has 3 N–H and O–H groups in total. The molecule has 0 rings (SSSR count). The Hall–Kier alpha value is -0.120. The third-order valence-electron chi connectivity index (χ3n) is 4.06. The van der Waals surface area contributed by atoms with E-state index in [1.54, 1.807) is 0 Å². The van der Waals surface area contributed by atoms with E-state index >= 15 is 0 Å². The van der Waals surface area contributed by atoms with E-state index in [-0.39, 0.29) is 5.54 Å². The van der Waals surface area contributed by atoms with Crippen molar-refractivity contribution >= 4 is 0 Å². The zero-order chi connectivity index (χ0) is 12.6. The van der Waals surface area contributed by atoms with Crippen molar-refractivity contribution < 1.29 is 0 Å². The van der Waals surface area contributed by atoms with Crippen LogP contribution in [0.25, 0.3) is 0 Å². The third kappa shape index (κ3) is 3.72. The topological polar surface area (TPSA) is 41.3 Å². The van der Waals surface area contributed by atoms with Crippen LogP contribution in [-0.4, -0.2) is 30.6 Å². The highest BCUT2D eigenvalue weighted by molar-refractivity contribution is 4.95. The van der Waals surface area contributed by atoms with E-state index in [0.29, 0.717) is 6.04 Å². The largest absolute Gasteiger partial charge is 0.302 e. The number of likely N-dealkylation sites (N-methyl/N-ethyl adjacent to an activating group) is 1. The molecule has 0 aromatic carbocycles. The fourth-order valence-electron chi connectivity index (χ4n) is 2.79. The Labute approximate surface area is 102 Å². The zero-order valence-electron chi connectivity index (χ0n) is 11.8. The van der Waals surface area contributed by atoms with E-state index in [1.165, 1.54) is 25.7 Å². The maximum atomic E-state index is 5.75. The summed E-state index contributed by atoms with van der Waals surface area (Å²) >= 11 is 0. The molecule has 0 radical (unpaired) electrons. The van der Waals surface area contributed by atoms with Gasteiger partial charge in [0, 0.05) is 11.6 Å². The maximum absolute atomic E-state index is 5.75. The molecule has 0 bridgehead atoms. The third-order valence-corrected chi connectivity index (χ3v) is 4.06. The first kappa shape index (κ1) is 15.9. The Morgan fingerprint density at radius 2 is 1.69 bits per heavy atom. The summed E-state index contributed by atoms with van der Waals surface area (Å²) in [6.45, 7) is 6.76. The highest BCUT2D eigenvalue weighted by Gasteiger charge is 2.36. The van der Waals surface area contributed by atoms with Crippen LogP contribution >= 0.6 is 0 Å². The van der Waals surface area contributed by atoms with Crippen LogP contribution in [0.4, 0.5) is 0 Å². The number of hydrazine groups is 1. The van der Waals surface area contributed by atoms with Crippen LogP contribution in [-0.2, 0) is 0 Å². The lowest BCUT2D eigenvalue weighted by Crippen LogP contribution is -2.60. The number of nitrogens with two attached hydrogens (primary N) is 1. The summed E-state index contributed by atoms with van der Waals surface area (Å²) in [5.74, 6) is 5.75. The Bertz CT molecular complexity index is 165. The van der Waals surface area contributed by atoms with Crippen molar-refractivity contribution in [3.8, 4) is 0 Å². The molecule has 0 saturated heterocycles. The first-order valence-electron chi connectivity index (χ1n) is 6.72. The molecule has 0 spiro atoms. The predicted octanol–water partition coefficient (Wildman–Crippen LogP) is 2.52. The smallest absolute Gasteiger partial charge is 0.0394 e. The maximum Gasteiger partial charge on any atom is 0.0394 e. The van der Waals surface area contributed by atoms with Crippen molar-refractivity contribution in [2.45, 2.75) is 70.9 Å². The number of unbranched alkanes of at least 4 members (excludes halogenated alkanes) is 2. The van der Waals surface area contributed by atoms with Gasteiger partial charge in [-0.15, -0.1) is 0 Å². The quantitative estimate of drug-likeness (QED) is 0.363. The van der Waals surface area contributed by atoms with Gasteiger partial charge in [0.2, 0.25) is 0 Å². The van der Waals surface area contributed by atoms with Crippen molar-refractivity contribution in [2.24, 2.45) is 5.84 Å². The van der Waals surface area contributed by atoms with Crippen molar-refractivity contribution in [3.05, 3.63) is 0 Å². The van der Waals surface area contributed by atoms with E-state index in [0.717, 1.165) is 12.8 Å². The van der Waals surface area contributed by atoms with Gasteiger partial charge in [-0.1, -0.05) is 40.0 Å². The highest BCUT2D eigenvalue weighted by atomic mass is 15.3. The van der Waals surface area contributed by atoms with Gasteiger partial charge in [0.15, 0.2) is 0 Å². The van der Waals surface area contributed by atoms with Crippen LogP contribution in [0.15, 0.2) is 0 Å². The van der Waals surface area contributed by atoms with Crippen LogP contribution in [0.2, 0.25) is 0 Å². The molecule has 0 aromatic heterocycles. The van der Waals surface area contributed by atoms with Gasteiger partial charge in [-0.3, -0.25) is 11.3 Å². The first-order chi connectivity index (χ1) is 7.58. The molecule has 0 aliphatic rings. The van der Waals surface area contributed by atoms with Crippen molar-refractivity contribution in [2.75, 3.05) is 14.1 Å². The fourth-order valence-corrected chi connectivity index (χ4v) is 2.79. The van der Waals surface area contributed by atoms with E-state index in [1.807, 2.05) is 0 Å². The normalized spacial score (nSPS) is 14.4. The lowest BCUT2D eigenvalue weighted by molar-refractivity contribution is 0.0829. The molecule has 1 unspecified atom stereocenters. The van der Waals surface area contributed by atoms with E-state index in [4.69, 9.17) is 5.84 Å². The van der Waals surface area contributed by atoms with Gasteiger partial charge in [-0.05, 0) is 33.4 Å². The van der Waals surface area contributed by atoms with Gasteiger partial charge in [-0.2, -0.15) is 0 Å². The fraction of sp³-hybridized carbons (Fsp3) is 1.00. The molecule has 0 aliphatic heterocycles. The molecule has 98 valence electrons. The van der Waals surface area contributed by atoms with Gasteiger partial charge in [-0.25, -0.2) is 0 Å². The minimum atomic E-state index is 0.197. The molecule has 16 heavy (non-hydrogen) atoms. The van der Waals surface area contributed by atoms with Gasteiger partial charge in [0.25, 0.3) is 0 Å². The van der Waals surface area contributed by atoms with Crippen LogP contribution in [0.3, 0.4) is 0 Å². The SMILES string of the molecule is CCCCCC(NN)C(CC)(CC)N(C)C. The Morgan fingerprint density at radius 3 is 2.00 bits per heavy atom. The minimum Gasteiger partial charge on any atom is -0.302 e. The molecular weight excluding hydrogens is 198 g/mol. The van der Waals surface area contributed by atoms with E-state index in [2.05, 4.69) is 45.2 Å². The molecule has 0 fully saturated rings. The number of hydrogen-bond acceptors (Lipinski definition) is 3. The van der Waals surface area contributed by atoms with Gasteiger partial charge in [0.1, 0.15) is 0 Å². The number of hydrogen-bond donors (Lipinski definition) is 2. The van der Waals surface area contributed by atoms with Gasteiger partial charge >= 0.3 is 0 Å². The van der Waals surface area contributed by atoms with Crippen molar-refractivity contribution in [1.82, 2.24) is 10.3 Å². The summed E-state index contributed by atoms with van der Waals surface area (Å²) in [6, 6.07) is 0.393. The Kier molecular flexibility index (Phi) is 7.98. The van der Waals surface area contributed by atoms with E-state index < -0.39 is 0 Å². The predicted molar refractivity (Wildman–Crippen MR) is 72.3 cm³/mol. The summed E-state index contributed by atoms with van der Waals surface area (Å²) < 4.78 is 0. The van der Waals surface area contributed by atoms with Crippen molar-refractivity contribution in [3.63, 3.8) is 0 Å². The van der Waals surface area contributed by atoms with E-state index in [9.17, 15) is 0 Å². The Morgan fingerprint density at radius 1 is 1.12 bits per heavy atom. The lowest BCUT2D eigenvalue weighted by Gasteiger charge is -2.45. The molecule has 0 heterocycles. The molecular formula is C13H31N3. The van der Waals surface area contributed by atoms with Crippen LogP contribution < -0.4 is 11.3 Å². The average Bonchev–Trinajstić information content (AvgIpc) is 2.28. The molecule has 1 atom stereocenters. The first-order valence-corrected chi connectivity index (χ1v) is 6.72. The summed E-state index contributed by atoms with van der Waals surface area (Å²) in [5, 5.41) is 0. The highest BCUT2D eigenvalue weighted by Crippen LogP contribution is 2.28. The molecule has 0 saturated carbocycles. The standard InChI is InChI=1S/C13H31N3/c1-6-9-10-11-12(15-14)13(7-2,8-3)16(4)5/h12,15H,6-11,14H2,1-5H3. The molecule has 3 nitrogen and oxygen atoms in total. The van der Waals surface area contributed by atoms with Crippen LogP contribution in [0, 0.1) is 0 Å². The summed E-state index contributed by atoms with van der Waals surface area (Å²) in [7, 11) is 4.33. The van der Waals surface area contributed by atoms with Crippen LogP contribution in [0.1, 0.15) is 59.3 Å². The summed E-state index contributed by atoms with van der Waals surface area (Å²) in [5.41, 5.74) is 3.24. The minimum absolute atomic E-state index is 0.197. The number of rotatable bonds is 9. The van der Waals surface area contributed by atoms with Crippen LogP contribution in [0.5, 0.6) is 0 Å². The molecule has 0 aliphatic carbocycles. The summed E-state index contributed by atoms with van der Waals surface area (Å²) in [6.07, 6.45) is 7.28. The van der Waals surface area contributed by atoms with Crippen molar-refractivity contribution in [1.29, 1.82) is 0 Å². The second-order valence-electron chi connectivity index (χ2n) is 4.92. The number of nitrogens with one attached hydrogen (secondary N) is 1. The lowest BCUT2D eigenvalue weighted by atomic mass is 9.81. The monoisotopic (exact) mass is 229 g/mol. The summed E-state index contributed by atoms with van der Waals surface area (Å²) in [4.78, 5) is 2.34. The molecule has 0 amide bonds. The second-order valence-corrected chi connectivity index (χ2v) is 4.92. The molecule has 3 heteroatoms. The second kappa shape index (κ2) is 8.04. The Balaban J connectivity index is 4.57. The average molecular weight is 229 g/mol. The van der Waals surface area contributed by atoms with Gasteiger partial charge < -0.3 is 4.90 Å². The van der Waals surface area contributed by atoms with Gasteiger partial charge in [0.05, 0.1) is 0 Å². The molecule has 0 aromatic rings.